The van der Waals surface area contributed by atoms with Gasteiger partial charge in [0.2, 0.25) is 0 Å². The van der Waals surface area contributed by atoms with Gasteiger partial charge < -0.3 is 4.74 Å². The molecule has 0 amide bonds. The van der Waals surface area contributed by atoms with Gasteiger partial charge in [-0.25, -0.2) is 4.98 Å². The van der Waals surface area contributed by atoms with E-state index >= 15 is 0 Å². The Morgan fingerprint density at radius 1 is 1.39 bits per heavy atom. The minimum absolute atomic E-state index is 0.374. The van der Waals surface area contributed by atoms with E-state index in [1.54, 1.807) is 11.3 Å². The third kappa shape index (κ3) is 3.65. The Kier molecular flexibility index (Phi) is 4.46. The molecule has 0 saturated heterocycles. The van der Waals surface area contributed by atoms with Crippen molar-refractivity contribution in [1.29, 1.82) is 0 Å². The van der Waals surface area contributed by atoms with Crippen LogP contribution >= 0.6 is 11.3 Å². The Balaban J connectivity index is 1.51. The van der Waals surface area contributed by atoms with Gasteiger partial charge in [-0.3, -0.25) is 9.58 Å². The maximum absolute atomic E-state index is 5.73. The highest BCUT2D eigenvalue weighted by Crippen LogP contribution is 2.33. The molecule has 1 saturated carbocycles. The summed E-state index contributed by atoms with van der Waals surface area (Å²) in [6.45, 7) is 7.58. The number of rotatable bonds is 7. The van der Waals surface area contributed by atoms with E-state index in [4.69, 9.17) is 9.84 Å². The van der Waals surface area contributed by atoms with Crippen LogP contribution < -0.4 is 0 Å². The Bertz CT molecular complexity index is 635. The molecular formula is C17H24N4OS. The average Bonchev–Trinajstić information content (AvgIpc) is 3.04. The van der Waals surface area contributed by atoms with Crippen molar-refractivity contribution in [2.75, 3.05) is 19.8 Å². The summed E-state index contributed by atoms with van der Waals surface area (Å²) in [5.41, 5.74) is 2.63. The van der Waals surface area contributed by atoms with E-state index in [-0.39, 0.29) is 0 Å². The van der Waals surface area contributed by atoms with Gasteiger partial charge in [-0.15, -0.1) is 11.3 Å². The zero-order valence-corrected chi connectivity index (χ0v) is 14.5. The molecule has 3 heterocycles. The zero-order chi connectivity index (χ0) is 15.6. The molecule has 5 nitrogen and oxygen atoms in total. The third-order valence-corrected chi connectivity index (χ3v) is 5.40. The zero-order valence-electron chi connectivity index (χ0n) is 13.6. The first kappa shape index (κ1) is 15.3. The lowest BCUT2D eigenvalue weighted by molar-refractivity contribution is 0.104. The van der Waals surface area contributed by atoms with E-state index in [9.17, 15) is 0 Å². The second-order valence-electron chi connectivity index (χ2n) is 6.66. The summed E-state index contributed by atoms with van der Waals surface area (Å²) in [5.74, 6) is 1.23. The SMILES string of the molecule is CCOCC1CN(Cc2nccs2)Cc2cn(CC3CC3)nc21. The van der Waals surface area contributed by atoms with Crippen molar-refractivity contribution >= 4 is 11.3 Å². The first-order valence-electron chi connectivity index (χ1n) is 8.56. The molecule has 23 heavy (non-hydrogen) atoms. The van der Waals surface area contributed by atoms with Crippen LogP contribution in [0.15, 0.2) is 17.8 Å². The first-order chi connectivity index (χ1) is 11.3. The lowest BCUT2D eigenvalue weighted by Gasteiger charge is -2.31. The van der Waals surface area contributed by atoms with Crippen molar-refractivity contribution in [3.63, 3.8) is 0 Å². The monoisotopic (exact) mass is 332 g/mol. The molecule has 2 aliphatic rings. The van der Waals surface area contributed by atoms with Crippen molar-refractivity contribution in [1.82, 2.24) is 19.7 Å². The highest BCUT2D eigenvalue weighted by molar-refractivity contribution is 7.09. The van der Waals surface area contributed by atoms with Gasteiger partial charge in [-0.1, -0.05) is 0 Å². The summed E-state index contributed by atoms with van der Waals surface area (Å²) in [6.07, 6.45) is 6.88. The van der Waals surface area contributed by atoms with Crippen LogP contribution in [0.2, 0.25) is 0 Å². The molecule has 0 radical (unpaired) electrons. The molecule has 1 fully saturated rings. The molecule has 2 aromatic rings. The van der Waals surface area contributed by atoms with Gasteiger partial charge in [-0.2, -0.15) is 5.10 Å². The van der Waals surface area contributed by atoms with E-state index < -0.39 is 0 Å². The van der Waals surface area contributed by atoms with Crippen LogP contribution in [-0.4, -0.2) is 39.4 Å². The number of fused-ring (bicyclic) bond motifs is 1. The summed E-state index contributed by atoms with van der Waals surface area (Å²) >= 11 is 1.73. The average molecular weight is 332 g/mol. The maximum atomic E-state index is 5.73. The van der Waals surface area contributed by atoms with Crippen LogP contribution in [0.3, 0.4) is 0 Å². The van der Waals surface area contributed by atoms with E-state index in [0.717, 1.165) is 45.3 Å². The molecule has 0 N–H and O–H groups in total. The number of nitrogens with zero attached hydrogens (tertiary/aromatic N) is 4. The molecule has 1 aliphatic carbocycles. The smallest absolute Gasteiger partial charge is 0.107 e. The number of hydrogen-bond acceptors (Lipinski definition) is 5. The quantitative estimate of drug-likeness (QED) is 0.782. The highest BCUT2D eigenvalue weighted by Gasteiger charge is 2.30. The van der Waals surface area contributed by atoms with Gasteiger partial charge in [0, 0.05) is 55.5 Å². The van der Waals surface area contributed by atoms with Gasteiger partial charge in [-0.05, 0) is 25.7 Å². The van der Waals surface area contributed by atoms with Gasteiger partial charge in [0.05, 0.1) is 18.8 Å². The van der Waals surface area contributed by atoms with Crippen LogP contribution in [-0.2, 0) is 24.4 Å². The van der Waals surface area contributed by atoms with Crippen LogP contribution in [0.25, 0.3) is 0 Å². The summed E-state index contributed by atoms with van der Waals surface area (Å²) in [5, 5.41) is 8.13. The normalized spacial score (nSPS) is 21.5. The molecule has 1 unspecified atom stereocenters. The third-order valence-electron chi connectivity index (χ3n) is 4.64. The van der Waals surface area contributed by atoms with Crippen molar-refractivity contribution in [3.8, 4) is 0 Å². The number of aromatic nitrogens is 3. The first-order valence-corrected chi connectivity index (χ1v) is 9.44. The fraction of sp³-hybridized carbons (Fsp3) is 0.647. The number of thiazole rings is 1. The standard InChI is InChI=1S/C17H24N4OS/c1-2-22-12-15-9-20(11-16-18-5-6-23-16)8-14-10-21(19-17(14)15)7-13-3-4-13/h5-6,10,13,15H,2-4,7-9,11-12H2,1H3. The van der Waals surface area contributed by atoms with Crippen molar-refractivity contribution in [3.05, 3.63) is 34.0 Å². The van der Waals surface area contributed by atoms with Crippen molar-refractivity contribution < 1.29 is 4.74 Å². The van der Waals surface area contributed by atoms with Gasteiger partial charge in [0.15, 0.2) is 0 Å². The summed E-state index contributed by atoms with van der Waals surface area (Å²) in [6, 6.07) is 0. The molecule has 2 aromatic heterocycles. The molecule has 0 bridgehead atoms. The topological polar surface area (TPSA) is 43.2 Å². The number of hydrogen-bond donors (Lipinski definition) is 0. The highest BCUT2D eigenvalue weighted by atomic mass is 32.1. The minimum Gasteiger partial charge on any atom is -0.381 e. The molecular weight excluding hydrogens is 308 g/mol. The van der Waals surface area contributed by atoms with E-state index in [0.29, 0.717) is 5.92 Å². The molecule has 4 rings (SSSR count). The van der Waals surface area contributed by atoms with Gasteiger partial charge in [0.1, 0.15) is 5.01 Å². The van der Waals surface area contributed by atoms with Crippen LogP contribution in [0.4, 0.5) is 0 Å². The van der Waals surface area contributed by atoms with E-state index in [2.05, 4.69) is 33.1 Å². The fourth-order valence-corrected chi connectivity index (χ4v) is 4.00. The predicted octanol–water partition coefficient (Wildman–Crippen LogP) is 2.89. The van der Waals surface area contributed by atoms with Crippen LogP contribution in [0.5, 0.6) is 0 Å². The molecule has 1 aliphatic heterocycles. The fourth-order valence-electron chi connectivity index (χ4n) is 3.34. The number of ether oxygens (including phenoxy) is 1. The van der Waals surface area contributed by atoms with Gasteiger partial charge in [0.25, 0.3) is 0 Å². The Morgan fingerprint density at radius 3 is 3.04 bits per heavy atom. The second kappa shape index (κ2) is 6.71. The summed E-state index contributed by atoms with van der Waals surface area (Å²) in [4.78, 5) is 6.91. The lowest BCUT2D eigenvalue weighted by Crippen LogP contribution is -2.34. The Morgan fingerprint density at radius 2 is 2.30 bits per heavy atom. The summed E-state index contributed by atoms with van der Waals surface area (Å²) in [7, 11) is 0. The second-order valence-corrected chi connectivity index (χ2v) is 7.64. The Labute approximate surface area is 141 Å². The van der Waals surface area contributed by atoms with Crippen LogP contribution in [0, 0.1) is 5.92 Å². The van der Waals surface area contributed by atoms with E-state index in [1.165, 1.54) is 29.1 Å². The molecule has 0 spiro atoms. The molecule has 0 aromatic carbocycles. The lowest BCUT2D eigenvalue weighted by atomic mass is 9.97. The molecule has 6 heteroatoms. The largest absolute Gasteiger partial charge is 0.381 e. The van der Waals surface area contributed by atoms with E-state index in [1.807, 2.05) is 6.20 Å². The predicted molar refractivity (Wildman–Crippen MR) is 90.4 cm³/mol. The maximum Gasteiger partial charge on any atom is 0.107 e. The molecule has 124 valence electrons. The summed E-state index contributed by atoms with van der Waals surface area (Å²) < 4.78 is 7.90. The van der Waals surface area contributed by atoms with Crippen molar-refractivity contribution in [2.45, 2.75) is 45.3 Å². The van der Waals surface area contributed by atoms with Crippen molar-refractivity contribution in [2.24, 2.45) is 5.92 Å². The molecule has 1 atom stereocenters. The van der Waals surface area contributed by atoms with Gasteiger partial charge >= 0.3 is 0 Å². The Hall–Kier alpha value is -1.24. The van der Waals surface area contributed by atoms with Crippen LogP contribution in [0.1, 0.15) is 41.9 Å². The minimum atomic E-state index is 0.374.